The molecule has 0 unspecified atom stereocenters. The number of ether oxygens (including phenoxy) is 2. The molecule has 2 amide bonds. The summed E-state index contributed by atoms with van der Waals surface area (Å²) in [6, 6.07) is 9.35. The smallest absolute Gasteiger partial charge is 0.265 e. The fourth-order valence-corrected chi connectivity index (χ4v) is 3.52. The first-order chi connectivity index (χ1) is 15.3. The minimum absolute atomic E-state index is 0.0157. The predicted molar refractivity (Wildman–Crippen MR) is 124 cm³/mol. The summed E-state index contributed by atoms with van der Waals surface area (Å²) in [7, 11) is 0. The Bertz CT molecular complexity index is 1120. The Balaban J connectivity index is 1.93. The Morgan fingerprint density at radius 3 is 2.69 bits per heavy atom. The van der Waals surface area contributed by atoms with E-state index in [0.29, 0.717) is 23.5 Å². The number of benzene rings is 2. The molecule has 0 bridgehead atoms. The molecule has 3 rings (SSSR count). The number of carbonyl (C=O) groups excluding carboxylic acids is 2. The number of hydrogen-bond donors (Lipinski definition) is 1. The summed E-state index contributed by atoms with van der Waals surface area (Å²) in [6.07, 6.45) is 2.90. The van der Waals surface area contributed by atoms with Gasteiger partial charge in [0.05, 0.1) is 11.6 Å². The second-order valence-electron chi connectivity index (χ2n) is 6.66. The van der Waals surface area contributed by atoms with Gasteiger partial charge in [0.15, 0.2) is 16.6 Å². The first kappa shape index (κ1) is 23.4. The highest BCUT2D eigenvalue weighted by Crippen LogP contribution is 2.38. The summed E-state index contributed by atoms with van der Waals surface area (Å²) in [6.45, 7) is 5.79. The maximum Gasteiger partial charge on any atom is 0.265 e. The molecular formula is C23H20ClFN2O4S. The molecule has 2 aromatic carbocycles. The van der Waals surface area contributed by atoms with Crippen molar-refractivity contribution in [3.05, 3.63) is 76.6 Å². The predicted octanol–water partition coefficient (Wildman–Crippen LogP) is 4.27. The van der Waals surface area contributed by atoms with E-state index >= 15 is 0 Å². The van der Waals surface area contributed by atoms with Crippen LogP contribution in [0.1, 0.15) is 18.1 Å². The van der Waals surface area contributed by atoms with Crippen LogP contribution in [0.2, 0.25) is 5.02 Å². The van der Waals surface area contributed by atoms with Crippen molar-refractivity contribution >= 4 is 46.8 Å². The third-order valence-corrected chi connectivity index (χ3v) is 5.07. The Morgan fingerprint density at radius 2 is 2.00 bits per heavy atom. The number of nitrogens with one attached hydrogen (secondary N) is 1. The van der Waals surface area contributed by atoms with Crippen molar-refractivity contribution in [1.29, 1.82) is 0 Å². The molecule has 1 aliphatic rings. The van der Waals surface area contributed by atoms with Crippen LogP contribution in [-0.4, -0.2) is 35.0 Å². The number of hydrogen-bond acceptors (Lipinski definition) is 5. The summed E-state index contributed by atoms with van der Waals surface area (Å²) in [5.74, 6) is -1.04. The number of carbonyl (C=O) groups is 2. The molecule has 1 aliphatic heterocycles. The Morgan fingerprint density at radius 1 is 1.25 bits per heavy atom. The zero-order valence-corrected chi connectivity index (χ0v) is 18.8. The molecule has 32 heavy (non-hydrogen) atoms. The summed E-state index contributed by atoms with van der Waals surface area (Å²) >= 11 is 11.5. The van der Waals surface area contributed by atoms with Gasteiger partial charge < -0.3 is 9.47 Å². The molecule has 6 nitrogen and oxygen atoms in total. The topological polar surface area (TPSA) is 67.9 Å². The first-order valence-electron chi connectivity index (χ1n) is 9.68. The summed E-state index contributed by atoms with van der Waals surface area (Å²) in [4.78, 5) is 26.3. The van der Waals surface area contributed by atoms with Gasteiger partial charge in [-0.25, -0.2) is 4.39 Å². The third kappa shape index (κ3) is 5.15. The zero-order chi connectivity index (χ0) is 23.3. The van der Waals surface area contributed by atoms with Crippen LogP contribution >= 0.6 is 23.8 Å². The molecular weight excluding hydrogens is 455 g/mol. The van der Waals surface area contributed by atoms with Crippen LogP contribution in [0, 0.1) is 5.82 Å². The molecule has 0 atom stereocenters. The van der Waals surface area contributed by atoms with Crippen LogP contribution in [-0.2, 0) is 16.2 Å². The van der Waals surface area contributed by atoms with Gasteiger partial charge >= 0.3 is 0 Å². The minimum atomic E-state index is -0.616. The van der Waals surface area contributed by atoms with Gasteiger partial charge in [-0.2, -0.15) is 0 Å². The van der Waals surface area contributed by atoms with Crippen LogP contribution < -0.4 is 14.8 Å². The van der Waals surface area contributed by atoms with E-state index in [2.05, 4.69) is 11.9 Å². The van der Waals surface area contributed by atoms with E-state index in [4.69, 9.17) is 33.3 Å². The molecule has 9 heteroatoms. The van der Waals surface area contributed by atoms with Crippen molar-refractivity contribution in [3.63, 3.8) is 0 Å². The summed E-state index contributed by atoms with van der Waals surface area (Å²) < 4.78 is 25.3. The SMILES string of the molecule is C=CCN1C(=O)/C(=C/c2cc(Cl)c(OCc3ccccc3F)c(OCC)c2)C(=O)NC1=S. The van der Waals surface area contributed by atoms with Crippen molar-refractivity contribution in [3.8, 4) is 11.5 Å². The van der Waals surface area contributed by atoms with Crippen molar-refractivity contribution < 1.29 is 23.5 Å². The van der Waals surface area contributed by atoms with Gasteiger partial charge in [-0.15, -0.1) is 6.58 Å². The summed E-state index contributed by atoms with van der Waals surface area (Å²) in [5.41, 5.74) is 0.695. The van der Waals surface area contributed by atoms with Crippen LogP contribution in [0.3, 0.4) is 0 Å². The van der Waals surface area contributed by atoms with Crippen molar-refractivity contribution in [2.45, 2.75) is 13.5 Å². The highest BCUT2D eigenvalue weighted by atomic mass is 35.5. The fraction of sp³-hybridized carbons (Fsp3) is 0.174. The molecule has 166 valence electrons. The number of nitrogens with zero attached hydrogens (tertiary/aromatic N) is 1. The van der Waals surface area contributed by atoms with E-state index in [1.807, 2.05) is 0 Å². The highest BCUT2D eigenvalue weighted by molar-refractivity contribution is 7.80. The van der Waals surface area contributed by atoms with Gasteiger partial charge in [-0.1, -0.05) is 35.9 Å². The van der Waals surface area contributed by atoms with Crippen LogP contribution in [0.25, 0.3) is 6.08 Å². The Labute approximate surface area is 195 Å². The van der Waals surface area contributed by atoms with E-state index in [1.165, 1.54) is 29.2 Å². The van der Waals surface area contributed by atoms with Crippen molar-refractivity contribution in [1.82, 2.24) is 10.2 Å². The Hall–Kier alpha value is -3.23. The molecule has 0 spiro atoms. The molecule has 1 saturated heterocycles. The maximum atomic E-state index is 13.9. The lowest BCUT2D eigenvalue weighted by Crippen LogP contribution is -2.53. The number of amides is 2. The second-order valence-corrected chi connectivity index (χ2v) is 7.46. The van der Waals surface area contributed by atoms with E-state index < -0.39 is 17.6 Å². The second kappa shape index (κ2) is 10.4. The number of halogens is 2. The molecule has 1 N–H and O–H groups in total. The lowest BCUT2D eigenvalue weighted by Gasteiger charge is -2.27. The molecule has 0 saturated carbocycles. The van der Waals surface area contributed by atoms with Gasteiger partial charge in [-0.05, 0) is 49.0 Å². The average Bonchev–Trinajstić information content (AvgIpc) is 2.75. The standard InChI is InChI=1S/C23H20ClFN2O4S/c1-3-9-27-22(29)16(21(28)26-23(27)32)10-14-11-17(24)20(19(12-14)30-4-2)31-13-15-7-5-6-8-18(15)25/h3,5-8,10-12H,1,4,9,13H2,2H3,(H,26,28,32)/b16-10+. The van der Waals surface area contributed by atoms with Gasteiger partial charge in [0.25, 0.3) is 11.8 Å². The quantitative estimate of drug-likeness (QED) is 0.268. The monoisotopic (exact) mass is 474 g/mol. The van der Waals surface area contributed by atoms with E-state index in [9.17, 15) is 14.0 Å². The van der Waals surface area contributed by atoms with Gasteiger partial charge in [0.2, 0.25) is 0 Å². The minimum Gasteiger partial charge on any atom is -0.490 e. The fourth-order valence-electron chi connectivity index (χ4n) is 3.00. The number of thiocarbonyl (C=S) groups is 1. The third-order valence-electron chi connectivity index (χ3n) is 4.47. The first-order valence-corrected chi connectivity index (χ1v) is 10.5. The van der Waals surface area contributed by atoms with Crippen molar-refractivity contribution in [2.24, 2.45) is 0 Å². The van der Waals surface area contributed by atoms with E-state index in [-0.39, 0.29) is 34.6 Å². The average molecular weight is 475 g/mol. The summed E-state index contributed by atoms with van der Waals surface area (Å²) in [5, 5.41) is 2.68. The lowest BCUT2D eigenvalue weighted by atomic mass is 10.1. The van der Waals surface area contributed by atoms with E-state index in [1.54, 1.807) is 31.2 Å². The molecule has 1 heterocycles. The van der Waals surface area contributed by atoms with Crippen LogP contribution in [0.4, 0.5) is 4.39 Å². The van der Waals surface area contributed by atoms with Crippen LogP contribution in [0.15, 0.2) is 54.6 Å². The van der Waals surface area contributed by atoms with Crippen molar-refractivity contribution in [2.75, 3.05) is 13.2 Å². The molecule has 0 radical (unpaired) electrons. The molecule has 2 aromatic rings. The number of rotatable bonds is 8. The Kier molecular flexibility index (Phi) is 7.61. The van der Waals surface area contributed by atoms with Gasteiger partial charge in [0.1, 0.15) is 18.0 Å². The largest absolute Gasteiger partial charge is 0.490 e. The highest BCUT2D eigenvalue weighted by Gasteiger charge is 2.32. The lowest BCUT2D eigenvalue weighted by molar-refractivity contribution is -0.128. The normalized spacial score (nSPS) is 15.0. The molecule has 0 aliphatic carbocycles. The molecule has 0 aromatic heterocycles. The van der Waals surface area contributed by atoms with Gasteiger partial charge in [-0.3, -0.25) is 19.8 Å². The van der Waals surface area contributed by atoms with Crippen LogP contribution in [0.5, 0.6) is 11.5 Å². The van der Waals surface area contributed by atoms with E-state index in [0.717, 1.165) is 0 Å². The zero-order valence-electron chi connectivity index (χ0n) is 17.2. The maximum absolute atomic E-state index is 13.9. The molecule has 1 fully saturated rings. The van der Waals surface area contributed by atoms with Gasteiger partial charge in [0, 0.05) is 12.1 Å².